The fourth-order valence-corrected chi connectivity index (χ4v) is 2.95. The number of rotatable bonds is 5. The van der Waals surface area contributed by atoms with Gasteiger partial charge < -0.3 is 20.2 Å². The molecular weight excluding hydrogens is 308 g/mol. The molecule has 0 saturated carbocycles. The summed E-state index contributed by atoms with van der Waals surface area (Å²) in [6.45, 7) is 2.56. The average molecular weight is 328 g/mol. The first-order valence-electron chi connectivity index (χ1n) is 7.98. The van der Waals surface area contributed by atoms with Gasteiger partial charge in [-0.1, -0.05) is 24.3 Å². The number of nitrogens with one attached hydrogen (secondary N) is 1. The quantitative estimate of drug-likeness (QED) is 0.813. The molecule has 0 bridgehead atoms. The number of hydrogen-bond donors (Lipinski definition) is 2. The van der Waals surface area contributed by atoms with Gasteiger partial charge in [-0.25, -0.2) is 9.78 Å². The minimum atomic E-state index is -1.03. The Morgan fingerprint density at radius 3 is 2.88 bits per heavy atom. The summed E-state index contributed by atoms with van der Waals surface area (Å²) in [7, 11) is 0. The number of pyridine rings is 1. The van der Waals surface area contributed by atoms with E-state index in [9.17, 15) is 9.59 Å². The highest BCUT2D eigenvalue weighted by molar-refractivity contribution is 5.94. The maximum absolute atomic E-state index is 12.4. The number of carboxylic acid groups (broad SMARTS) is 1. The maximum atomic E-state index is 12.4. The number of benzene rings is 1. The van der Waals surface area contributed by atoms with Crippen molar-refractivity contribution < 1.29 is 14.7 Å². The molecule has 1 saturated heterocycles. The van der Waals surface area contributed by atoms with Gasteiger partial charge in [0, 0.05) is 37.8 Å². The van der Waals surface area contributed by atoms with Crippen LogP contribution in [0.1, 0.15) is 6.42 Å². The molecule has 0 aliphatic carbocycles. The van der Waals surface area contributed by atoms with E-state index in [1.54, 1.807) is 11.1 Å². The highest BCUT2D eigenvalue weighted by Gasteiger charge is 2.25. The Labute approximate surface area is 139 Å². The molecule has 0 spiro atoms. The van der Waals surface area contributed by atoms with Crippen molar-refractivity contribution >= 4 is 28.6 Å². The number of piperazine rings is 1. The number of anilines is 1. The third-order valence-electron chi connectivity index (χ3n) is 4.15. The van der Waals surface area contributed by atoms with Crippen LogP contribution in [0.5, 0.6) is 0 Å². The van der Waals surface area contributed by atoms with Crippen molar-refractivity contribution in [1.82, 2.24) is 15.2 Å². The Morgan fingerprint density at radius 2 is 2.08 bits per heavy atom. The summed E-state index contributed by atoms with van der Waals surface area (Å²) in [6.07, 6.45) is 1.35. The van der Waals surface area contributed by atoms with Gasteiger partial charge in [0.15, 0.2) is 0 Å². The molecule has 24 heavy (non-hydrogen) atoms. The van der Waals surface area contributed by atoms with Crippen molar-refractivity contribution in [3.63, 3.8) is 0 Å². The van der Waals surface area contributed by atoms with Gasteiger partial charge in [0.05, 0.1) is 6.54 Å². The SMILES string of the molecule is O=C(O)NCCCN1CCN(c2nccc3ccccc23)CC1=O. The number of hydrogen-bond acceptors (Lipinski definition) is 4. The Bertz CT molecular complexity index is 744. The monoisotopic (exact) mass is 328 g/mol. The van der Waals surface area contributed by atoms with E-state index in [0.29, 0.717) is 32.6 Å². The molecule has 126 valence electrons. The number of carbonyl (C=O) groups excluding carboxylic acids is 1. The fraction of sp³-hybridized carbons (Fsp3) is 0.353. The molecule has 1 aliphatic rings. The van der Waals surface area contributed by atoms with Crippen molar-refractivity contribution in [3.05, 3.63) is 36.5 Å². The summed E-state index contributed by atoms with van der Waals surface area (Å²) in [5.74, 6) is 0.889. The van der Waals surface area contributed by atoms with E-state index in [2.05, 4.69) is 10.3 Å². The lowest BCUT2D eigenvalue weighted by Crippen LogP contribution is -2.51. The zero-order chi connectivity index (χ0) is 16.9. The topological polar surface area (TPSA) is 85.8 Å². The lowest BCUT2D eigenvalue weighted by molar-refractivity contribution is -0.131. The van der Waals surface area contributed by atoms with Crippen LogP contribution in [0.25, 0.3) is 10.8 Å². The minimum absolute atomic E-state index is 0.0475. The molecule has 1 aromatic carbocycles. The van der Waals surface area contributed by atoms with Gasteiger partial charge >= 0.3 is 6.09 Å². The van der Waals surface area contributed by atoms with E-state index in [4.69, 9.17) is 5.11 Å². The van der Waals surface area contributed by atoms with Gasteiger partial charge in [0.1, 0.15) is 5.82 Å². The smallest absolute Gasteiger partial charge is 0.404 e. The Kier molecular flexibility index (Phi) is 4.79. The standard InChI is InChI=1S/C17H20N4O3/c22-15-12-21(11-10-20(15)9-3-7-19-17(23)24)16-14-5-2-1-4-13(14)6-8-18-16/h1-2,4-6,8,19H,3,7,9-12H2,(H,23,24). The van der Waals surface area contributed by atoms with E-state index in [1.165, 1.54) is 0 Å². The van der Waals surface area contributed by atoms with E-state index in [-0.39, 0.29) is 5.91 Å². The van der Waals surface area contributed by atoms with E-state index < -0.39 is 6.09 Å². The second-order valence-electron chi connectivity index (χ2n) is 5.74. The van der Waals surface area contributed by atoms with E-state index >= 15 is 0 Å². The number of aromatic nitrogens is 1. The zero-order valence-electron chi connectivity index (χ0n) is 13.3. The van der Waals surface area contributed by atoms with Gasteiger partial charge in [-0.05, 0) is 17.9 Å². The minimum Gasteiger partial charge on any atom is -0.465 e. The zero-order valence-corrected chi connectivity index (χ0v) is 13.3. The molecule has 1 aromatic heterocycles. The molecule has 7 nitrogen and oxygen atoms in total. The van der Waals surface area contributed by atoms with Crippen LogP contribution in [-0.2, 0) is 4.79 Å². The highest BCUT2D eigenvalue weighted by atomic mass is 16.4. The maximum Gasteiger partial charge on any atom is 0.404 e. The lowest BCUT2D eigenvalue weighted by atomic mass is 10.1. The van der Waals surface area contributed by atoms with Crippen LogP contribution in [-0.4, -0.2) is 59.7 Å². The lowest BCUT2D eigenvalue weighted by Gasteiger charge is -2.35. The molecule has 2 heterocycles. The third kappa shape index (κ3) is 3.56. The molecule has 2 N–H and O–H groups in total. The van der Waals surface area contributed by atoms with Crippen molar-refractivity contribution in [1.29, 1.82) is 0 Å². The molecule has 3 rings (SSSR count). The van der Waals surface area contributed by atoms with Gasteiger partial charge in [-0.15, -0.1) is 0 Å². The molecule has 1 fully saturated rings. The van der Waals surface area contributed by atoms with Crippen LogP contribution >= 0.6 is 0 Å². The number of nitrogens with zero attached hydrogens (tertiary/aromatic N) is 3. The van der Waals surface area contributed by atoms with Gasteiger partial charge in [-0.3, -0.25) is 4.79 Å². The second-order valence-corrected chi connectivity index (χ2v) is 5.74. The summed E-state index contributed by atoms with van der Waals surface area (Å²) in [5, 5.41) is 13.0. The van der Waals surface area contributed by atoms with Crippen LogP contribution < -0.4 is 10.2 Å². The molecule has 1 aliphatic heterocycles. The molecule has 7 heteroatoms. The van der Waals surface area contributed by atoms with Crippen LogP contribution in [0.15, 0.2) is 36.5 Å². The second kappa shape index (κ2) is 7.16. The van der Waals surface area contributed by atoms with Gasteiger partial charge in [0.2, 0.25) is 5.91 Å². The molecule has 0 radical (unpaired) electrons. The van der Waals surface area contributed by atoms with E-state index in [1.807, 2.05) is 35.2 Å². The summed E-state index contributed by atoms with van der Waals surface area (Å²) < 4.78 is 0. The number of carbonyl (C=O) groups is 2. The molecule has 2 aromatic rings. The van der Waals surface area contributed by atoms with Crippen LogP contribution in [0, 0.1) is 0 Å². The van der Waals surface area contributed by atoms with Crippen molar-refractivity contribution in [3.8, 4) is 0 Å². The first kappa shape index (κ1) is 16.0. The van der Waals surface area contributed by atoms with Crippen LogP contribution in [0.2, 0.25) is 0 Å². The Hall–Kier alpha value is -2.83. The molecule has 0 unspecified atom stereocenters. The normalized spacial score (nSPS) is 14.9. The van der Waals surface area contributed by atoms with Crippen LogP contribution in [0.4, 0.5) is 10.6 Å². The molecule has 0 atom stereocenters. The third-order valence-corrected chi connectivity index (χ3v) is 4.15. The highest BCUT2D eigenvalue weighted by Crippen LogP contribution is 2.25. The van der Waals surface area contributed by atoms with Gasteiger partial charge in [-0.2, -0.15) is 0 Å². The van der Waals surface area contributed by atoms with Crippen LogP contribution in [0.3, 0.4) is 0 Å². The molecule has 2 amide bonds. The first-order chi connectivity index (χ1) is 11.6. The summed E-state index contributed by atoms with van der Waals surface area (Å²) >= 11 is 0. The van der Waals surface area contributed by atoms with Crippen molar-refractivity contribution in [2.45, 2.75) is 6.42 Å². The largest absolute Gasteiger partial charge is 0.465 e. The Balaban J connectivity index is 1.63. The fourth-order valence-electron chi connectivity index (χ4n) is 2.95. The molecular formula is C17H20N4O3. The predicted octanol–water partition coefficient (Wildman–Crippen LogP) is 1.54. The van der Waals surface area contributed by atoms with E-state index in [0.717, 1.165) is 23.1 Å². The number of amides is 2. The summed E-state index contributed by atoms with van der Waals surface area (Å²) in [4.78, 5) is 31.0. The Morgan fingerprint density at radius 1 is 1.25 bits per heavy atom. The van der Waals surface area contributed by atoms with Crippen molar-refractivity contribution in [2.75, 3.05) is 37.6 Å². The summed E-state index contributed by atoms with van der Waals surface area (Å²) in [6, 6.07) is 9.98. The van der Waals surface area contributed by atoms with Crippen molar-refractivity contribution in [2.24, 2.45) is 0 Å². The average Bonchev–Trinajstić information content (AvgIpc) is 2.59. The summed E-state index contributed by atoms with van der Waals surface area (Å²) in [5.41, 5.74) is 0. The van der Waals surface area contributed by atoms with Gasteiger partial charge in [0.25, 0.3) is 0 Å². The first-order valence-corrected chi connectivity index (χ1v) is 7.98. The predicted molar refractivity (Wildman–Crippen MR) is 91.2 cm³/mol. The number of fused-ring (bicyclic) bond motifs is 1.